The number of benzene rings is 10. The number of fused-ring (bicyclic) bond motifs is 9. The summed E-state index contributed by atoms with van der Waals surface area (Å²) in [4.78, 5) is 0. The van der Waals surface area contributed by atoms with Crippen molar-refractivity contribution in [2.45, 2.75) is 96.3 Å². The van der Waals surface area contributed by atoms with Gasteiger partial charge >= 0.3 is 0 Å². The zero-order valence-electron chi connectivity index (χ0n) is 44.5. The maximum Gasteiger partial charge on any atom is 0.0210 e. The highest BCUT2D eigenvalue weighted by molar-refractivity contribution is 5.89. The third-order valence-electron chi connectivity index (χ3n) is 19.0. The van der Waals surface area contributed by atoms with Crippen LogP contribution in [0.25, 0.3) is 100 Å². The van der Waals surface area contributed by atoms with Gasteiger partial charge in [0.2, 0.25) is 0 Å². The minimum Gasteiger partial charge on any atom is -0.0642 e. The molecule has 75 heavy (non-hydrogen) atoms. The van der Waals surface area contributed by atoms with Crippen LogP contribution in [0.5, 0.6) is 0 Å². The summed E-state index contributed by atoms with van der Waals surface area (Å²) in [5.41, 5.74) is 32.2. The van der Waals surface area contributed by atoms with Gasteiger partial charge in [-0.3, -0.25) is 0 Å². The van der Waals surface area contributed by atoms with Crippen LogP contribution in [0.2, 0.25) is 0 Å². The average Bonchev–Trinajstić information content (AvgIpc) is 4.13. The monoisotopic (exact) mass is 967 g/mol. The van der Waals surface area contributed by atoms with Crippen LogP contribution in [-0.2, 0) is 16.2 Å². The first-order valence-electron chi connectivity index (χ1n) is 28.0. The molecule has 0 radical (unpaired) electrons. The minimum atomic E-state index is 0.0442. The molecule has 3 aliphatic rings. The molecule has 0 aromatic heterocycles. The second kappa shape index (κ2) is 18.2. The van der Waals surface area contributed by atoms with E-state index < -0.39 is 0 Å². The Kier molecular flexibility index (Phi) is 11.4. The Balaban J connectivity index is 0.865. The van der Waals surface area contributed by atoms with Gasteiger partial charge in [0.1, 0.15) is 0 Å². The van der Waals surface area contributed by atoms with Crippen molar-refractivity contribution >= 4 is 0 Å². The molecule has 0 saturated carbocycles. The Morgan fingerprint density at radius 2 is 0.387 bits per heavy atom. The Bertz CT molecular complexity index is 3400. The molecule has 0 N–H and O–H groups in total. The molecule has 3 aliphatic carbocycles. The summed E-state index contributed by atoms with van der Waals surface area (Å²) in [5, 5.41) is 0. The topological polar surface area (TPSA) is 0 Å². The van der Waals surface area contributed by atoms with Gasteiger partial charge < -0.3 is 0 Å². The molecule has 0 heteroatoms. The highest BCUT2D eigenvalue weighted by atomic mass is 14.5. The van der Waals surface area contributed by atoms with Crippen molar-refractivity contribution in [2.24, 2.45) is 0 Å². The fraction of sp³-hybridized carbons (Fsp3) is 0.200. The molecule has 0 aliphatic heterocycles. The van der Waals surface area contributed by atoms with E-state index in [0.717, 1.165) is 38.5 Å². The van der Waals surface area contributed by atoms with E-state index in [1.54, 1.807) is 0 Å². The second-order valence-corrected chi connectivity index (χ2v) is 21.8. The Morgan fingerprint density at radius 1 is 0.187 bits per heavy atom. The average molecular weight is 967 g/mol. The lowest BCUT2D eigenvalue weighted by atomic mass is 9.73. The van der Waals surface area contributed by atoms with Crippen LogP contribution in [-0.4, -0.2) is 0 Å². The summed E-state index contributed by atoms with van der Waals surface area (Å²) in [5.74, 6) is 0. The van der Waals surface area contributed by atoms with Gasteiger partial charge in [-0.05, 0) is 208 Å². The van der Waals surface area contributed by atoms with Crippen LogP contribution < -0.4 is 0 Å². The van der Waals surface area contributed by atoms with Crippen LogP contribution in [0.4, 0.5) is 0 Å². The molecular formula is C75H66. The van der Waals surface area contributed by atoms with Crippen molar-refractivity contribution in [3.05, 3.63) is 252 Å². The molecule has 0 heterocycles. The minimum absolute atomic E-state index is 0.0442. The zero-order chi connectivity index (χ0) is 51.1. The fourth-order valence-electron chi connectivity index (χ4n) is 14.6. The van der Waals surface area contributed by atoms with Crippen LogP contribution >= 0.6 is 0 Å². The highest BCUT2D eigenvalue weighted by Crippen LogP contribution is 2.56. The predicted molar refractivity (Wildman–Crippen MR) is 319 cm³/mol. The van der Waals surface area contributed by atoms with E-state index >= 15 is 0 Å². The normalized spacial score (nSPS) is 14.6. The van der Waals surface area contributed by atoms with Gasteiger partial charge in [-0.1, -0.05) is 224 Å². The highest BCUT2D eigenvalue weighted by Gasteiger charge is 2.43. The number of rotatable bonds is 12. The first-order valence-corrected chi connectivity index (χ1v) is 28.0. The molecule has 366 valence electrons. The first-order chi connectivity index (χ1) is 36.8. The lowest BCUT2D eigenvalue weighted by Crippen LogP contribution is -2.23. The van der Waals surface area contributed by atoms with Crippen LogP contribution in [0, 0.1) is 0 Å². The quantitative estimate of drug-likeness (QED) is 0.114. The van der Waals surface area contributed by atoms with Crippen molar-refractivity contribution in [1.82, 2.24) is 0 Å². The van der Waals surface area contributed by atoms with Crippen molar-refractivity contribution in [1.29, 1.82) is 0 Å². The molecule has 0 fully saturated rings. The maximum atomic E-state index is 2.49. The van der Waals surface area contributed by atoms with E-state index in [9.17, 15) is 0 Å². The van der Waals surface area contributed by atoms with Gasteiger partial charge in [-0.15, -0.1) is 0 Å². The molecule has 10 aromatic rings. The smallest absolute Gasteiger partial charge is 0.0210 e. The molecule has 0 amide bonds. The molecule has 0 saturated heterocycles. The molecule has 13 rings (SSSR count). The summed E-state index contributed by atoms with van der Waals surface area (Å²) in [6.07, 6.45) is 6.52. The SMILES string of the molecule is CCC1(CC)c2ccccc2-c2ccc(-c3ccc(-c4cc(-c5ccc(-c6ccc7c(c6)C(CC)(CC)c6ccccc6-7)cc5)cc(-c5ccc(-c6ccc7c(c6)C(CC)(CC)c6ccccc6-7)cc5)c4)cc3)cc21. The maximum absolute atomic E-state index is 2.49. The molecule has 10 aromatic carbocycles. The summed E-state index contributed by atoms with van der Waals surface area (Å²) in [7, 11) is 0. The van der Waals surface area contributed by atoms with E-state index in [1.807, 2.05) is 0 Å². The van der Waals surface area contributed by atoms with Crippen molar-refractivity contribution < 1.29 is 0 Å². The fourth-order valence-corrected chi connectivity index (χ4v) is 14.6. The van der Waals surface area contributed by atoms with E-state index in [0.29, 0.717) is 0 Å². The predicted octanol–water partition coefficient (Wildman–Crippen LogP) is 20.9. The lowest BCUT2D eigenvalue weighted by molar-refractivity contribution is 0.490. The number of hydrogen-bond donors (Lipinski definition) is 0. The van der Waals surface area contributed by atoms with E-state index in [4.69, 9.17) is 0 Å². The Labute approximate surface area is 445 Å². The molecule has 0 nitrogen and oxygen atoms in total. The van der Waals surface area contributed by atoms with Crippen LogP contribution in [0.15, 0.2) is 218 Å². The Hall–Kier alpha value is -7.80. The largest absolute Gasteiger partial charge is 0.0642 e. The van der Waals surface area contributed by atoms with Crippen molar-refractivity contribution in [3.8, 4) is 100 Å². The van der Waals surface area contributed by atoms with E-state index in [1.165, 1.54) is 134 Å². The lowest BCUT2D eigenvalue weighted by Gasteiger charge is -2.30. The van der Waals surface area contributed by atoms with Gasteiger partial charge in [0.25, 0.3) is 0 Å². The first kappa shape index (κ1) is 46.9. The molecule has 0 atom stereocenters. The summed E-state index contributed by atoms with van der Waals surface area (Å²) < 4.78 is 0. The van der Waals surface area contributed by atoms with Gasteiger partial charge in [0.05, 0.1) is 0 Å². The van der Waals surface area contributed by atoms with Gasteiger partial charge in [-0.2, -0.15) is 0 Å². The summed E-state index contributed by atoms with van der Waals surface area (Å²) in [6, 6.07) is 83.9. The third-order valence-corrected chi connectivity index (χ3v) is 19.0. The second-order valence-electron chi connectivity index (χ2n) is 21.8. The molecule has 0 bridgehead atoms. The van der Waals surface area contributed by atoms with Gasteiger partial charge in [0, 0.05) is 16.2 Å². The van der Waals surface area contributed by atoms with Gasteiger partial charge in [-0.25, -0.2) is 0 Å². The van der Waals surface area contributed by atoms with E-state index in [-0.39, 0.29) is 16.2 Å². The van der Waals surface area contributed by atoms with E-state index in [2.05, 4.69) is 260 Å². The van der Waals surface area contributed by atoms with Crippen molar-refractivity contribution in [3.63, 3.8) is 0 Å². The van der Waals surface area contributed by atoms with Crippen LogP contribution in [0.1, 0.15) is 113 Å². The summed E-state index contributed by atoms with van der Waals surface area (Å²) >= 11 is 0. The molecule has 0 unspecified atom stereocenters. The third kappa shape index (κ3) is 7.09. The molecular weight excluding hydrogens is 901 g/mol. The summed E-state index contributed by atoms with van der Waals surface area (Å²) in [6.45, 7) is 14.1. The molecule has 0 spiro atoms. The number of hydrogen-bond acceptors (Lipinski definition) is 0. The zero-order valence-corrected chi connectivity index (χ0v) is 44.5. The Morgan fingerprint density at radius 3 is 0.627 bits per heavy atom. The van der Waals surface area contributed by atoms with Crippen LogP contribution in [0.3, 0.4) is 0 Å². The van der Waals surface area contributed by atoms with Gasteiger partial charge in [0.15, 0.2) is 0 Å². The standard InChI is InChI=1S/C75H66/c1-7-73(8-2)67-22-16-13-19-61(67)64-40-37-55(46-70(64)73)49-25-31-52(32-26-49)58-43-59(53-33-27-50(28-34-53)56-38-41-65-62-20-14-17-23-68(62)74(9-3,10-4)71(65)47-56)45-60(44-58)54-35-29-51(30-36-54)57-39-42-66-63-21-15-18-24-69(63)75(11-5,12-6)72(66)48-57/h13-48H,7-12H2,1-6H3. The van der Waals surface area contributed by atoms with Crippen molar-refractivity contribution in [2.75, 3.05) is 0 Å².